The van der Waals surface area contributed by atoms with Gasteiger partial charge in [0.1, 0.15) is 4.33 Å². The molecule has 3 aliphatic rings. The predicted molar refractivity (Wildman–Crippen MR) is 112 cm³/mol. The topological polar surface area (TPSA) is 9.23 Å². The van der Waals surface area contributed by atoms with E-state index in [1.165, 1.54) is 0 Å². The molecule has 3 unspecified atom stereocenters. The summed E-state index contributed by atoms with van der Waals surface area (Å²) in [4.78, 5) is 0. The Morgan fingerprint density at radius 2 is 1.46 bits per heavy atom. The van der Waals surface area contributed by atoms with Crippen LogP contribution in [0.1, 0.15) is 71.6 Å². The van der Waals surface area contributed by atoms with E-state index in [9.17, 15) is 0 Å². The van der Waals surface area contributed by atoms with E-state index in [0.29, 0.717) is 12.8 Å². The van der Waals surface area contributed by atoms with E-state index in [-0.39, 0.29) is 17.6 Å². The van der Waals surface area contributed by atoms with Crippen LogP contribution in [0, 0.1) is 0 Å². The lowest BCUT2D eigenvalue weighted by molar-refractivity contribution is -0.0376. The van der Waals surface area contributed by atoms with Crippen molar-refractivity contribution in [3.8, 4) is 0 Å². The zero-order valence-corrected chi connectivity index (χ0v) is 20.2. The fourth-order valence-corrected chi connectivity index (χ4v) is 29.0. The van der Waals surface area contributed by atoms with Gasteiger partial charge in [-0.3, -0.25) is 0 Å². The van der Waals surface area contributed by atoms with E-state index < -0.39 is 31.2 Å². The first kappa shape index (κ1) is 21.5. The van der Waals surface area contributed by atoms with E-state index in [2.05, 4.69) is 26.9 Å². The lowest BCUT2D eigenvalue weighted by atomic mass is 9.96. The minimum Gasteiger partial charge on any atom is -0.415 e. The van der Waals surface area contributed by atoms with Crippen LogP contribution in [-0.2, 0) is 4.43 Å². The Morgan fingerprint density at radius 1 is 0.885 bits per heavy atom. The third-order valence-electron chi connectivity index (χ3n) is 7.56. The van der Waals surface area contributed by atoms with Gasteiger partial charge >= 0.3 is 0 Å². The Kier molecular flexibility index (Phi) is 5.77. The van der Waals surface area contributed by atoms with Crippen molar-refractivity contribution in [2.75, 3.05) is 0 Å². The van der Waals surface area contributed by atoms with Crippen molar-refractivity contribution in [1.29, 1.82) is 0 Å². The SMILES string of the molecule is CC1(C)CC[Si](C2CCCCC2(F)F)(C2CCCCC2(Cl)Cl)[Si](C)(C)O1. The molecule has 0 amide bonds. The van der Waals surface area contributed by atoms with Gasteiger partial charge < -0.3 is 4.43 Å². The molecular formula is C19H34Cl2F2OSi2. The van der Waals surface area contributed by atoms with Crippen molar-refractivity contribution in [2.24, 2.45) is 0 Å². The molecule has 3 fully saturated rings. The Morgan fingerprint density at radius 3 is 2.00 bits per heavy atom. The Bertz CT molecular complexity index is 512. The van der Waals surface area contributed by atoms with Gasteiger partial charge in [-0.25, -0.2) is 8.78 Å². The molecule has 0 aromatic heterocycles. The molecule has 0 N–H and O–H groups in total. The molecule has 1 nitrogen and oxygen atoms in total. The normalized spacial score (nSPS) is 41.5. The second-order valence-corrected chi connectivity index (χ2v) is 25.2. The van der Waals surface area contributed by atoms with Gasteiger partial charge in [-0.15, -0.1) is 23.2 Å². The molecule has 3 rings (SSSR count). The van der Waals surface area contributed by atoms with Crippen LogP contribution < -0.4 is 0 Å². The summed E-state index contributed by atoms with van der Waals surface area (Å²) in [6, 6.07) is 0.908. The summed E-state index contributed by atoms with van der Waals surface area (Å²) >= 11 is 13.8. The van der Waals surface area contributed by atoms with Gasteiger partial charge in [0.25, 0.3) is 0 Å². The van der Waals surface area contributed by atoms with Crippen LogP contribution in [0.4, 0.5) is 8.78 Å². The summed E-state index contributed by atoms with van der Waals surface area (Å²) in [5, 5.41) is 0. The molecule has 1 saturated heterocycles. The fourth-order valence-electron chi connectivity index (χ4n) is 6.53. The van der Waals surface area contributed by atoms with Crippen molar-refractivity contribution in [3.63, 3.8) is 0 Å². The van der Waals surface area contributed by atoms with Crippen molar-refractivity contribution in [2.45, 2.75) is 118 Å². The summed E-state index contributed by atoms with van der Waals surface area (Å²) < 4.78 is 36.6. The lowest BCUT2D eigenvalue weighted by Gasteiger charge is -2.62. The van der Waals surface area contributed by atoms with Gasteiger partial charge in [-0.1, -0.05) is 31.7 Å². The molecule has 1 heterocycles. The largest absolute Gasteiger partial charge is 0.415 e. The molecule has 26 heavy (non-hydrogen) atoms. The third-order valence-corrected chi connectivity index (χ3v) is 27.1. The highest BCUT2D eigenvalue weighted by molar-refractivity contribution is 7.40. The third kappa shape index (κ3) is 3.57. The molecule has 152 valence electrons. The second kappa shape index (κ2) is 6.96. The van der Waals surface area contributed by atoms with Gasteiger partial charge in [0.2, 0.25) is 5.92 Å². The van der Waals surface area contributed by atoms with Gasteiger partial charge in [-0.05, 0) is 58.2 Å². The molecule has 0 radical (unpaired) electrons. The summed E-state index contributed by atoms with van der Waals surface area (Å²) in [5.74, 6) is -2.58. The average molecular weight is 444 g/mol. The highest BCUT2D eigenvalue weighted by Gasteiger charge is 2.70. The first-order valence-corrected chi connectivity index (χ1v) is 17.3. The minimum atomic E-state index is -2.58. The molecule has 2 saturated carbocycles. The molecule has 1 aliphatic heterocycles. The first-order chi connectivity index (χ1) is 11.8. The smallest absolute Gasteiger partial charge is 0.248 e. The Labute approximate surface area is 169 Å². The van der Waals surface area contributed by atoms with Crippen LogP contribution in [0.5, 0.6) is 0 Å². The molecule has 2 aliphatic carbocycles. The lowest BCUT2D eigenvalue weighted by Crippen LogP contribution is -2.75. The summed E-state index contributed by atoms with van der Waals surface area (Å²) in [6.45, 7) is 8.66. The maximum Gasteiger partial charge on any atom is 0.248 e. The van der Waals surface area contributed by atoms with E-state index in [1.54, 1.807) is 0 Å². The quantitative estimate of drug-likeness (QED) is 0.315. The van der Waals surface area contributed by atoms with Crippen molar-refractivity contribution < 1.29 is 13.2 Å². The monoisotopic (exact) mass is 442 g/mol. The predicted octanol–water partition coefficient (Wildman–Crippen LogP) is 7.62. The molecule has 0 aromatic rings. The van der Waals surface area contributed by atoms with E-state index >= 15 is 8.78 Å². The number of hydrogen-bond donors (Lipinski definition) is 0. The number of halogens is 4. The maximum atomic E-state index is 15.4. The molecule has 3 atom stereocenters. The second-order valence-electron chi connectivity index (χ2n) is 10.0. The van der Waals surface area contributed by atoms with E-state index in [0.717, 1.165) is 44.6 Å². The summed E-state index contributed by atoms with van der Waals surface area (Å²) in [5.41, 5.74) is -0.688. The van der Waals surface area contributed by atoms with Crippen LogP contribution >= 0.6 is 23.2 Å². The van der Waals surface area contributed by atoms with Crippen molar-refractivity contribution >= 4 is 38.6 Å². The van der Waals surface area contributed by atoms with Crippen LogP contribution in [0.15, 0.2) is 0 Å². The average Bonchev–Trinajstić information content (AvgIpc) is 2.47. The van der Waals surface area contributed by atoms with Gasteiger partial charge in [-0.2, -0.15) is 0 Å². The number of alkyl halides is 4. The summed E-state index contributed by atoms with van der Waals surface area (Å²) in [7, 11) is -4.93. The van der Waals surface area contributed by atoms with Crippen molar-refractivity contribution in [3.05, 3.63) is 0 Å². The molecular weight excluding hydrogens is 409 g/mol. The molecule has 7 heteroatoms. The van der Waals surface area contributed by atoms with Crippen LogP contribution in [-0.4, -0.2) is 31.3 Å². The fraction of sp³-hybridized carbons (Fsp3) is 1.00. The molecule has 0 aromatic carbocycles. The first-order valence-electron chi connectivity index (χ1n) is 10.3. The number of rotatable bonds is 2. The van der Waals surface area contributed by atoms with E-state index in [1.807, 2.05) is 0 Å². The van der Waals surface area contributed by atoms with Crippen LogP contribution in [0.2, 0.25) is 30.2 Å². The zero-order valence-electron chi connectivity index (χ0n) is 16.6. The zero-order chi connectivity index (χ0) is 19.4. The van der Waals surface area contributed by atoms with Crippen LogP contribution in [0.3, 0.4) is 0 Å². The van der Waals surface area contributed by atoms with E-state index in [4.69, 9.17) is 27.6 Å². The van der Waals surface area contributed by atoms with Gasteiger partial charge in [0.15, 0.2) is 7.83 Å². The maximum absolute atomic E-state index is 15.4. The highest BCUT2D eigenvalue weighted by atomic mass is 35.5. The Balaban J connectivity index is 2.13. The van der Waals surface area contributed by atoms with Gasteiger partial charge in [0.05, 0.1) is 13.2 Å². The number of hydrogen-bond acceptors (Lipinski definition) is 1. The Hall–Kier alpha value is 0.834. The summed E-state index contributed by atoms with van der Waals surface area (Å²) in [6.07, 6.45) is 6.80. The highest BCUT2D eigenvalue weighted by Crippen LogP contribution is 2.65. The molecule has 0 bridgehead atoms. The minimum absolute atomic E-state index is 0.0323. The molecule has 0 spiro atoms. The van der Waals surface area contributed by atoms with Crippen molar-refractivity contribution in [1.82, 2.24) is 0 Å². The standard InChI is InChI=1S/C19H34Cl2F2OSi2/c1-17(2)13-14-26(25(3,4)24-17,15-9-5-7-11-18(15,20)21)16-10-6-8-12-19(16,22)23/h15-16H,5-14H2,1-4H3. The van der Waals surface area contributed by atoms with Gasteiger partial charge in [0, 0.05) is 12.0 Å². The van der Waals surface area contributed by atoms with Crippen LogP contribution in [0.25, 0.3) is 0 Å².